The minimum Gasteiger partial charge on any atom is -0.482 e. The molecule has 5 nitrogen and oxygen atoms in total. The first-order valence-corrected chi connectivity index (χ1v) is 9.81. The van der Waals surface area contributed by atoms with Gasteiger partial charge in [0, 0.05) is 10.9 Å². The van der Waals surface area contributed by atoms with Crippen molar-refractivity contribution in [2.45, 2.75) is 45.4 Å². The SMILES string of the molecule is CCCC[C@@H](CC)c1nnc(NC(=O)COc2ccc(Cl)cc2Cl)s1. The maximum Gasteiger partial charge on any atom is 0.264 e. The lowest BCUT2D eigenvalue weighted by atomic mass is 10.0. The van der Waals surface area contributed by atoms with Crippen molar-refractivity contribution in [2.75, 3.05) is 11.9 Å². The monoisotopic (exact) mass is 401 g/mol. The largest absolute Gasteiger partial charge is 0.482 e. The maximum absolute atomic E-state index is 12.0. The van der Waals surface area contributed by atoms with Gasteiger partial charge in [0.1, 0.15) is 10.8 Å². The van der Waals surface area contributed by atoms with E-state index in [9.17, 15) is 4.79 Å². The fourth-order valence-corrected chi connectivity index (χ4v) is 3.73. The van der Waals surface area contributed by atoms with Gasteiger partial charge < -0.3 is 4.74 Å². The van der Waals surface area contributed by atoms with Crippen molar-refractivity contribution in [1.82, 2.24) is 10.2 Å². The molecule has 0 saturated heterocycles. The number of carbonyl (C=O) groups is 1. The van der Waals surface area contributed by atoms with Crippen LogP contribution in [0.25, 0.3) is 0 Å². The van der Waals surface area contributed by atoms with Crippen molar-refractivity contribution in [3.8, 4) is 5.75 Å². The van der Waals surface area contributed by atoms with E-state index in [4.69, 9.17) is 27.9 Å². The highest BCUT2D eigenvalue weighted by atomic mass is 35.5. The lowest BCUT2D eigenvalue weighted by molar-refractivity contribution is -0.118. The molecule has 0 saturated carbocycles. The Kier molecular flexibility index (Phi) is 7.93. The molecule has 0 bridgehead atoms. The first-order chi connectivity index (χ1) is 12.0. The van der Waals surface area contributed by atoms with Gasteiger partial charge in [0.05, 0.1) is 5.02 Å². The minimum atomic E-state index is -0.310. The highest BCUT2D eigenvalue weighted by molar-refractivity contribution is 7.15. The molecule has 0 radical (unpaired) electrons. The normalized spacial score (nSPS) is 12.0. The summed E-state index contributed by atoms with van der Waals surface area (Å²) in [6, 6.07) is 4.84. The van der Waals surface area contributed by atoms with E-state index in [1.165, 1.54) is 11.3 Å². The van der Waals surface area contributed by atoms with Gasteiger partial charge in [-0.15, -0.1) is 10.2 Å². The Labute approximate surface area is 161 Å². The number of amides is 1. The van der Waals surface area contributed by atoms with Crippen LogP contribution in [0, 0.1) is 0 Å². The second-order valence-corrected chi connectivity index (χ2v) is 7.46. The van der Waals surface area contributed by atoms with Crippen LogP contribution in [-0.4, -0.2) is 22.7 Å². The molecule has 0 aliphatic carbocycles. The van der Waals surface area contributed by atoms with Gasteiger partial charge in [0.2, 0.25) is 5.13 Å². The summed E-state index contributed by atoms with van der Waals surface area (Å²) in [5, 5.41) is 13.3. The van der Waals surface area contributed by atoms with Crippen molar-refractivity contribution in [3.05, 3.63) is 33.3 Å². The Balaban J connectivity index is 1.88. The third-order valence-electron chi connectivity index (χ3n) is 3.69. The fraction of sp³-hybridized carbons (Fsp3) is 0.471. The van der Waals surface area contributed by atoms with Crippen LogP contribution in [0.15, 0.2) is 18.2 Å². The zero-order valence-corrected chi connectivity index (χ0v) is 16.5. The Morgan fingerprint density at radius 1 is 1.32 bits per heavy atom. The smallest absolute Gasteiger partial charge is 0.264 e. The van der Waals surface area contributed by atoms with E-state index in [2.05, 4.69) is 29.4 Å². The molecule has 0 aliphatic heterocycles. The average Bonchev–Trinajstić information content (AvgIpc) is 3.03. The van der Waals surface area contributed by atoms with E-state index in [1.54, 1.807) is 18.2 Å². The molecule has 0 unspecified atom stereocenters. The van der Waals surface area contributed by atoms with Crippen LogP contribution in [0.4, 0.5) is 5.13 Å². The summed E-state index contributed by atoms with van der Waals surface area (Å²) in [6.45, 7) is 4.15. The fourth-order valence-electron chi connectivity index (χ4n) is 2.29. The summed E-state index contributed by atoms with van der Waals surface area (Å²) < 4.78 is 5.41. The van der Waals surface area contributed by atoms with Gasteiger partial charge in [-0.2, -0.15) is 0 Å². The lowest BCUT2D eigenvalue weighted by Gasteiger charge is -2.09. The zero-order chi connectivity index (χ0) is 18.2. The summed E-state index contributed by atoms with van der Waals surface area (Å²) in [6.07, 6.45) is 4.42. The highest BCUT2D eigenvalue weighted by Crippen LogP contribution is 2.30. The number of anilines is 1. The van der Waals surface area contributed by atoms with Gasteiger partial charge in [-0.25, -0.2) is 0 Å². The summed E-state index contributed by atoms with van der Waals surface area (Å²) in [5.74, 6) is 0.493. The van der Waals surface area contributed by atoms with Crippen molar-refractivity contribution in [3.63, 3.8) is 0 Å². The highest BCUT2D eigenvalue weighted by Gasteiger charge is 2.16. The van der Waals surface area contributed by atoms with Crippen LogP contribution < -0.4 is 10.1 Å². The van der Waals surface area contributed by atoms with Crippen LogP contribution in [0.1, 0.15) is 50.5 Å². The average molecular weight is 402 g/mol. The number of hydrogen-bond acceptors (Lipinski definition) is 5. The van der Waals surface area contributed by atoms with Gasteiger partial charge in [0.15, 0.2) is 6.61 Å². The lowest BCUT2D eigenvalue weighted by Crippen LogP contribution is -2.20. The Bertz CT molecular complexity index is 709. The minimum absolute atomic E-state index is 0.163. The molecule has 1 heterocycles. The van der Waals surface area contributed by atoms with Gasteiger partial charge in [-0.05, 0) is 31.0 Å². The van der Waals surface area contributed by atoms with Gasteiger partial charge >= 0.3 is 0 Å². The van der Waals surface area contributed by atoms with E-state index in [-0.39, 0.29) is 12.5 Å². The number of rotatable bonds is 9. The van der Waals surface area contributed by atoms with Crippen molar-refractivity contribution in [1.29, 1.82) is 0 Å². The van der Waals surface area contributed by atoms with Crippen LogP contribution in [-0.2, 0) is 4.79 Å². The molecule has 1 N–H and O–H groups in total. The number of nitrogens with one attached hydrogen (secondary N) is 1. The second-order valence-electron chi connectivity index (χ2n) is 5.60. The Morgan fingerprint density at radius 2 is 2.12 bits per heavy atom. The third kappa shape index (κ3) is 6.13. The molecule has 2 aromatic rings. The summed E-state index contributed by atoms with van der Waals surface area (Å²) in [5.41, 5.74) is 0. The molecule has 1 atom stereocenters. The molecule has 136 valence electrons. The number of nitrogens with zero attached hydrogens (tertiary/aromatic N) is 2. The van der Waals surface area contributed by atoms with Crippen molar-refractivity contribution < 1.29 is 9.53 Å². The molecule has 0 spiro atoms. The molecule has 2 rings (SSSR count). The molecular formula is C17H21Cl2N3O2S. The van der Waals surface area contributed by atoms with Crippen LogP contribution >= 0.6 is 34.5 Å². The van der Waals surface area contributed by atoms with Gasteiger partial charge in [0.25, 0.3) is 5.91 Å². The molecule has 25 heavy (non-hydrogen) atoms. The summed E-state index contributed by atoms with van der Waals surface area (Å²) in [4.78, 5) is 12.0. The molecule has 1 amide bonds. The molecule has 0 fully saturated rings. The van der Waals surface area contributed by atoms with E-state index in [0.717, 1.165) is 30.7 Å². The number of aromatic nitrogens is 2. The van der Waals surface area contributed by atoms with Crippen molar-refractivity contribution >= 4 is 45.6 Å². The number of ether oxygens (including phenoxy) is 1. The second kappa shape index (κ2) is 9.94. The van der Waals surface area contributed by atoms with Gasteiger partial charge in [-0.3, -0.25) is 10.1 Å². The quantitative estimate of drug-likeness (QED) is 0.598. The van der Waals surface area contributed by atoms with Crippen LogP contribution in [0.5, 0.6) is 5.75 Å². The molecule has 0 aliphatic rings. The van der Waals surface area contributed by atoms with Crippen molar-refractivity contribution in [2.24, 2.45) is 0 Å². The van der Waals surface area contributed by atoms with E-state index in [1.807, 2.05) is 0 Å². The maximum atomic E-state index is 12.0. The first kappa shape index (κ1) is 19.9. The van der Waals surface area contributed by atoms with E-state index < -0.39 is 0 Å². The molecule has 1 aromatic heterocycles. The third-order valence-corrected chi connectivity index (χ3v) is 5.22. The van der Waals surface area contributed by atoms with Crippen LogP contribution in [0.2, 0.25) is 10.0 Å². The number of halogens is 2. The predicted molar refractivity (Wildman–Crippen MR) is 103 cm³/mol. The zero-order valence-electron chi connectivity index (χ0n) is 14.2. The van der Waals surface area contributed by atoms with Gasteiger partial charge in [-0.1, -0.05) is 61.2 Å². The Hall–Kier alpha value is -1.37. The van der Waals surface area contributed by atoms with E-state index >= 15 is 0 Å². The number of unbranched alkanes of at least 4 members (excludes halogenated alkanes) is 1. The first-order valence-electron chi connectivity index (χ1n) is 8.24. The summed E-state index contributed by atoms with van der Waals surface area (Å²) >= 11 is 13.3. The topological polar surface area (TPSA) is 64.1 Å². The van der Waals surface area contributed by atoms with E-state index in [0.29, 0.717) is 26.8 Å². The molecule has 8 heteroatoms. The number of benzene rings is 1. The predicted octanol–water partition coefficient (Wildman–Crippen LogP) is 5.55. The standard InChI is InChI=1S/C17H21Cl2N3O2S/c1-3-5-6-11(4-2)16-21-22-17(25-16)20-15(23)10-24-14-8-7-12(18)9-13(14)19/h7-9,11H,3-6,10H2,1-2H3,(H,20,22,23)/t11-/m1/s1. The number of carbonyl (C=O) groups excluding carboxylic acids is 1. The Morgan fingerprint density at radius 3 is 2.80 bits per heavy atom. The number of hydrogen-bond donors (Lipinski definition) is 1. The van der Waals surface area contributed by atoms with Crippen LogP contribution in [0.3, 0.4) is 0 Å². The molecule has 1 aromatic carbocycles. The summed E-state index contributed by atoms with van der Waals surface area (Å²) in [7, 11) is 0. The molecular weight excluding hydrogens is 381 g/mol.